The maximum Gasteiger partial charge on any atom is 0.337 e. The minimum Gasteiger partial charge on any atom is -0.465 e. The summed E-state index contributed by atoms with van der Waals surface area (Å²) in [5.41, 5.74) is 2.30. The van der Waals surface area contributed by atoms with Crippen LogP contribution in [0.3, 0.4) is 0 Å². The molecule has 3 rings (SSSR count). The summed E-state index contributed by atoms with van der Waals surface area (Å²) >= 11 is 0. The van der Waals surface area contributed by atoms with E-state index in [9.17, 15) is 14.0 Å². The van der Waals surface area contributed by atoms with E-state index < -0.39 is 12.0 Å². The molecule has 0 spiro atoms. The predicted octanol–water partition coefficient (Wildman–Crippen LogP) is 2.86. The highest BCUT2D eigenvalue weighted by atomic mass is 19.1. The summed E-state index contributed by atoms with van der Waals surface area (Å²) < 4.78 is 18.7. The summed E-state index contributed by atoms with van der Waals surface area (Å²) in [6.45, 7) is 5.38. The van der Waals surface area contributed by atoms with Gasteiger partial charge in [-0.15, -0.1) is 0 Å². The van der Waals surface area contributed by atoms with E-state index in [1.165, 1.54) is 25.3 Å². The van der Waals surface area contributed by atoms with Crippen LogP contribution in [-0.4, -0.2) is 57.1 Å². The SMILES string of the molecule is COC(=O)c1cccc(C(=O)NC(C)c2cc(F)ccc2N2CCN(C)CC2)c1. The van der Waals surface area contributed by atoms with Crippen LogP contribution in [0.25, 0.3) is 0 Å². The second-order valence-electron chi connectivity index (χ2n) is 7.26. The molecule has 1 heterocycles. The highest BCUT2D eigenvalue weighted by Gasteiger charge is 2.22. The van der Waals surface area contributed by atoms with E-state index in [4.69, 9.17) is 4.74 Å². The number of carbonyl (C=O) groups excluding carboxylic acids is 2. The summed E-state index contributed by atoms with van der Waals surface area (Å²) in [6, 6.07) is 10.6. The van der Waals surface area contributed by atoms with Gasteiger partial charge in [0.1, 0.15) is 5.82 Å². The first kappa shape index (κ1) is 20.8. The van der Waals surface area contributed by atoms with Crippen LogP contribution in [0.2, 0.25) is 0 Å². The van der Waals surface area contributed by atoms with Crippen LogP contribution in [0.15, 0.2) is 42.5 Å². The molecule has 1 aliphatic heterocycles. The lowest BCUT2D eigenvalue weighted by Crippen LogP contribution is -2.45. The number of ether oxygens (including phenoxy) is 1. The van der Waals surface area contributed by atoms with Crippen LogP contribution in [0, 0.1) is 5.82 Å². The summed E-state index contributed by atoms with van der Waals surface area (Å²) in [5, 5.41) is 2.92. The molecule has 1 aliphatic rings. The highest BCUT2D eigenvalue weighted by Crippen LogP contribution is 2.28. The van der Waals surface area contributed by atoms with Crippen molar-refractivity contribution in [2.24, 2.45) is 0 Å². The van der Waals surface area contributed by atoms with Crippen molar-refractivity contribution in [3.05, 3.63) is 65.0 Å². The molecule has 1 fully saturated rings. The van der Waals surface area contributed by atoms with Gasteiger partial charge in [-0.25, -0.2) is 9.18 Å². The minimum atomic E-state index is -0.504. The van der Waals surface area contributed by atoms with Crippen LogP contribution < -0.4 is 10.2 Å². The van der Waals surface area contributed by atoms with E-state index in [0.717, 1.165) is 37.4 Å². The van der Waals surface area contributed by atoms with Crippen molar-refractivity contribution < 1.29 is 18.7 Å². The van der Waals surface area contributed by atoms with Crippen molar-refractivity contribution in [3.63, 3.8) is 0 Å². The number of likely N-dealkylation sites (N-methyl/N-ethyl adjacent to an activating group) is 1. The number of rotatable bonds is 5. The fourth-order valence-corrected chi connectivity index (χ4v) is 3.47. The Labute approximate surface area is 170 Å². The monoisotopic (exact) mass is 399 g/mol. The van der Waals surface area contributed by atoms with Crippen LogP contribution in [0.4, 0.5) is 10.1 Å². The number of hydrogen-bond donors (Lipinski definition) is 1. The molecule has 0 aliphatic carbocycles. The van der Waals surface area contributed by atoms with Crippen molar-refractivity contribution in [2.45, 2.75) is 13.0 Å². The third-order valence-electron chi connectivity index (χ3n) is 5.19. The third-order valence-corrected chi connectivity index (χ3v) is 5.19. The quantitative estimate of drug-likeness (QED) is 0.784. The molecule has 0 aromatic heterocycles. The Kier molecular flexibility index (Phi) is 6.49. The average molecular weight is 399 g/mol. The molecule has 6 nitrogen and oxygen atoms in total. The predicted molar refractivity (Wildman–Crippen MR) is 110 cm³/mol. The number of anilines is 1. The summed E-state index contributed by atoms with van der Waals surface area (Å²) in [5.74, 6) is -1.18. The fourth-order valence-electron chi connectivity index (χ4n) is 3.47. The number of nitrogens with zero attached hydrogens (tertiary/aromatic N) is 2. The van der Waals surface area contributed by atoms with Crippen molar-refractivity contribution >= 4 is 17.6 Å². The van der Waals surface area contributed by atoms with Gasteiger partial charge in [-0.05, 0) is 50.4 Å². The van der Waals surface area contributed by atoms with Gasteiger partial charge in [0.2, 0.25) is 0 Å². The van der Waals surface area contributed by atoms with Crippen LogP contribution in [-0.2, 0) is 4.74 Å². The molecule has 29 heavy (non-hydrogen) atoms. The summed E-state index contributed by atoms with van der Waals surface area (Å²) in [4.78, 5) is 28.9. The minimum absolute atomic E-state index is 0.302. The zero-order chi connectivity index (χ0) is 21.0. The Morgan fingerprint density at radius 2 is 1.76 bits per heavy atom. The number of methoxy groups -OCH3 is 1. The van der Waals surface area contributed by atoms with Crippen molar-refractivity contribution in [1.82, 2.24) is 10.2 Å². The van der Waals surface area contributed by atoms with Gasteiger partial charge >= 0.3 is 5.97 Å². The zero-order valence-electron chi connectivity index (χ0n) is 16.9. The van der Waals surface area contributed by atoms with Crippen molar-refractivity contribution in [2.75, 3.05) is 45.2 Å². The molecule has 7 heteroatoms. The Hall–Kier alpha value is -2.93. The number of hydrogen-bond acceptors (Lipinski definition) is 5. The number of esters is 1. The van der Waals surface area contributed by atoms with Crippen molar-refractivity contribution in [3.8, 4) is 0 Å². The van der Waals surface area contributed by atoms with Crippen LogP contribution in [0.5, 0.6) is 0 Å². The van der Waals surface area contributed by atoms with Crippen LogP contribution in [0.1, 0.15) is 39.2 Å². The molecule has 1 N–H and O–H groups in total. The standard InChI is InChI=1S/C22H26FN3O3/c1-15(24-21(27)16-5-4-6-17(13-16)22(28)29-3)19-14-18(23)7-8-20(19)26-11-9-25(2)10-12-26/h4-8,13-15H,9-12H2,1-3H3,(H,24,27). The number of benzene rings is 2. The van der Waals surface area contributed by atoms with Gasteiger partial charge in [0, 0.05) is 43.0 Å². The lowest BCUT2D eigenvalue weighted by Gasteiger charge is -2.36. The molecular formula is C22H26FN3O3. The second-order valence-corrected chi connectivity index (χ2v) is 7.26. The number of nitrogens with one attached hydrogen (secondary N) is 1. The summed E-state index contributed by atoms with van der Waals surface area (Å²) in [6.07, 6.45) is 0. The normalized spacial score (nSPS) is 15.7. The number of amides is 1. The fraction of sp³-hybridized carbons (Fsp3) is 0.364. The molecular weight excluding hydrogens is 373 g/mol. The topological polar surface area (TPSA) is 61.9 Å². The van der Waals surface area contributed by atoms with Crippen molar-refractivity contribution in [1.29, 1.82) is 0 Å². The number of carbonyl (C=O) groups is 2. The van der Waals surface area contributed by atoms with E-state index in [0.29, 0.717) is 11.1 Å². The maximum absolute atomic E-state index is 14.0. The van der Waals surface area contributed by atoms with Crippen LogP contribution >= 0.6 is 0 Å². The van der Waals surface area contributed by atoms with Gasteiger partial charge < -0.3 is 19.9 Å². The van der Waals surface area contributed by atoms with Gasteiger partial charge in [-0.2, -0.15) is 0 Å². The number of piperazine rings is 1. The van der Waals surface area contributed by atoms with E-state index in [1.807, 2.05) is 6.92 Å². The molecule has 1 unspecified atom stereocenters. The van der Waals surface area contributed by atoms with E-state index in [-0.39, 0.29) is 11.7 Å². The highest BCUT2D eigenvalue weighted by molar-refractivity contribution is 5.98. The lowest BCUT2D eigenvalue weighted by molar-refractivity contribution is 0.0600. The average Bonchev–Trinajstić information content (AvgIpc) is 2.73. The van der Waals surface area contributed by atoms with Gasteiger partial charge in [0.25, 0.3) is 5.91 Å². The van der Waals surface area contributed by atoms with Gasteiger partial charge in [-0.3, -0.25) is 4.79 Å². The Balaban J connectivity index is 1.80. The molecule has 154 valence electrons. The molecule has 1 atom stereocenters. The molecule has 2 aromatic rings. The van der Waals surface area contributed by atoms with E-state index in [1.54, 1.807) is 24.3 Å². The second kappa shape index (κ2) is 9.05. The van der Waals surface area contributed by atoms with E-state index in [2.05, 4.69) is 22.2 Å². The molecule has 0 bridgehead atoms. The smallest absolute Gasteiger partial charge is 0.337 e. The van der Waals surface area contributed by atoms with E-state index >= 15 is 0 Å². The van der Waals surface area contributed by atoms with Gasteiger partial charge in [0.05, 0.1) is 18.7 Å². The first-order chi connectivity index (χ1) is 13.9. The first-order valence-corrected chi connectivity index (χ1v) is 9.61. The largest absolute Gasteiger partial charge is 0.465 e. The molecule has 1 saturated heterocycles. The molecule has 0 saturated carbocycles. The lowest BCUT2D eigenvalue weighted by atomic mass is 10.0. The Morgan fingerprint density at radius 3 is 2.45 bits per heavy atom. The van der Waals surface area contributed by atoms with Gasteiger partial charge in [-0.1, -0.05) is 6.07 Å². The molecule has 2 aromatic carbocycles. The maximum atomic E-state index is 14.0. The Morgan fingerprint density at radius 1 is 1.07 bits per heavy atom. The Bertz CT molecular complexity index is 895. The van der Waals surface area contributed by atoms with Gasteiger partial charge in [0.15, 0.2) is 0 Å². The molecule has 0 radical (unpaired) electrons. The molecule has 1 amide bonds. The first-order valence-electron chi connectivity index (χ1n) is 9.61. The number of halogens is 1. The zero-order valence-corrected chi connectivity index (χ0v) is 16.9. The third kappa shape index (κ3) is 4.92. The summed E-state index contributed by atoms with van der Waals surface area (Å²) in [7, 11) is 3.37.